The van der Waals surface area contributed by atoms with E-state index in [1.165, 1.54) is 6.42 Å². The summed E-state index contributed by atoms with van der Waals surface area (Å²) in [6.07, 6.45) is 3.08. The molecule has 1 aromatic rings. The van der Waals surface area contributed by atoms with Gasteiger partial charge < -0.3 is 10.6 Å². The second kappa shape index (κ2) is 6.16. The summed E-state index contributed by atoms with van der Waals surface area (Å²) in [5.74, 6) is 1.08. The molecule has 1 unspecified atom stereocenters. The first kappa shape index (κ1) is 13.3. The molecule has 2 N–H and O–H groups in total. The zero-order valence-corrected chi connectivity index (χ0v) is 11.5. The second-order valence-electron chi connectivity index (χ2n) is 4.80. The van der Waals surface area contributed by atoms with Crippen LogP contribution in [0.25, 0.3) is 0 Å². The molecule has 18 heavy (non-hydrogen) atoms. The SMILES string of the molecule is CCN(CC)C1CCN(c2ncccc2CN)C1. The molecule has 100 valence electrons. The van der Waals surface area contributed by atoms with Crippen molar-refractivity contribution in [2.45, 2.75) is 32.9 Å². The van der Waals surface area contributed by atoms with Gasteiger partial charge in [-0.1, -0.05) is 19.9 Å². The Morgan fingerprint density at radius 2 is 2.22 bits per heavy atom. The van der Waals surface area contributed by atoms with Gasteiger partial charge in [0.15, 0.2) is 0 Å². The third-order valence-corrected chi connectivity index (χ3v) is 3.88. The van der Waals surface area contributed by atoms with E-state index in [4.69, 9.17) is 5.73 Å². The van der Waals surface area contributed by atoms with E-state index in [1.54, 1.807) is 0 Å². The third kappa shape index (κ3) is 2.65. The van der Waals surface area contributed by atoms with E-state index in [1.807, 2.05) is 12.3 Å². The maximum absolute atomic E-state index is 5.79. The highest BCUT2D eigenvalue weighted by molar-refractivity contribution is 5.47. The molecule has 1 fully saturated rings. The van der Waals surface area contributed by atoms with Crippen LogP contribution in [-0.4, -0.2) is 42.1 Å². The van der Waals surface area contributed by atoms with Gasteiger partial charge in [0.25, 0.3) is 0 Å². The standard InChI is InChI=1S/C14H24N4/c1-3-17(4-2)13-7-9-18(11-13)14-12(10-15)6-5-8-16-14/h5-6,8,13H,3-4,7,9-11,15H2,1-2H3. The zero-order valence-electron chi connectivity index (χ0n) is 11.5. The summed E-state index contributed by atoms with van der Waals surface area (Å²) < 4.78 is 0. The molecule has 2 heterocycles. The second-order valence-corrected chi connectivity index (χ2v) is 4.80. The fraction of sp³-hybridized carbons (Fsp3) is 0.643. The molecule has 2 rings (SSSR count). The molecule has 1 aliphatic heterocycles. The lowest BCUT2D eigenvalue weighted by Crippen LogP contribution is -2.37. The number of pyridine rings is 1. The quantitative estimate of drug-likeness (QED) is 0.857. The average Bonchev–Trinajstić information content (AvgIpc) is 2.89. The van der Waals surface area contributed by atoms with E-state index in [2.05, 4.69) is 34.7 Å². The molecule has 0 radical (unpaired) electrons. The lowest BCUT2D eigenvalue weighted by Gasteiger charge is -2.26. The van der Waals surface area contributed by atoms with Crippen molar-refractivity contribution in [1.82, 2.24) is 9.88 Å². The fourth-order valence-corrected chi connectivity index (χ4v) is 2.85. The van der Waals surface area contributed by atoms with Gasteiger partial charge in [-0.25, -0.2) is 4.98 Å². The van der Waals surface area contributed by atoms with Gasteiger partial charge >= 0.3 is 0 Å². The molecule has 1 aliphatic rings. The summed E-state index contributed by atoms with van der Waals surface area (Å²) in [5, 5.41) is 0. The molecule has 0 amide bonds. The highest BCUT2D eigenvalue weighted by Crippen LogP contribution is 2.24. The number of nitrogens with zero attached hydrogens (tertiary/aromatic N) is 3. The Hall–Kier alpha value is -1.13. The minimum Gasteiger partial charge on any atom is -0.355 e. The first-order valence-corrected chi connectivity index (χ1v) is 6.93. The summed E-state index contributed by atoms with van der Waals surface area (Å²) in [7, 11) is 0. The monoisotopic (exact) mass is 248 g/mol. The molecule has 4 nitrogen and oxygen atoms in total. The van der Waals surface area contributed by atoms with Gasteiger partial charge in [-0.2, -0.15) is 0 Å². The molecule has 1 saturated heterocycles. The normalized spacial score (nSPS) is 19.8. The van der Waals surface area contributed by atoms with Crippen LogP contribution in [-0.2, 0) is 6.54 Å². The number of likely N-dealkylation sites (N-methyl/N-ethyl adjacent to an activating group) is 1. The number of hydrogen-bond acceptors (Lipinski definition) is 4. The predicted octanol–water partition coefficient (Wildman–Crippen LogP) is 1.46. The zero-order chi connectivity index (χ0) is 13.0. The molecule has 0 spiro atoms. The van der Waals surface area contributed by atoms with Crippen molar-refractivity contribution in [2.75, 3.05) is 31.1 Å². The Bertz CT molecular complexity index is 376. The van der Waals surface area contributed by atoms with Crippen LogP contribution in [0.3, 0.4) is 0 Å². The third-order valence-electron chi connectivity index (χ3n) is 3.88. The highest BCUT2D eigenvalue weighted by atomic mass is 15.3. The predicted molar refractivity (Wildman–Crippen MR) is 75.7 cm³/mol. The largest absolute Gasteiger partial charge is 0.355 e. The van der Waals surface area contributed by atoms with Gasteiger partial charge in [-0.15, -0.1) is 0 Å². The van der Waals surface area contributed by atoms with Crippen LogP contribution >= 0.6 is 0 Å². The molecule has 1 atom stereocenters. The van der Waals surface area contributed by atoms with Gasteiger partial charge in [0.2, 0.25) is 0 Å². The van der Waals surface area contributed by atoms with Crippen molar-refractivity contribution in [2.24, 2.45) is 5.73 Å². The Kier molecular flexibility index (Phi) is 4.55. The molecule has 4 heteroatoms. The van der Waals surface area contributed by atoms with Crippen LogP contribution in [0.1, 0.15) is 25.8 Å². The first-order chi connectivity index (χ1) is 8.80. The topological polar surface area (TPSA) is 45.4 Å². The van der Waals surface area contributed by atoms with Crippen LogP contribution in [0, 0.1) is 0 Å². The molecular formula is C14H24N4. The fourth-order valence-electron chi connectivity index (χ4n) is 2.85. The Balaban J connectivity index is 2.08. The molecule has 0 aliphatic carbocycles. The van der Waals surface area contributed by atoms with Crippen molar-refractivity contribution in [3.05, 3.63) is 23.9 Å². The summed E-state index contributed by atoms with van der Waals surface area (Å²) in [4.78, 5) is 9.42. The summed E-state index contributed by atoms with van der Waals surface area (Å²) >= 11 is 0. The number of anilines is 1. The van der Waals surface area contributed by atoms with E-state index in [-0.39, 0.29) is 0 Å². The van der Waals surface area contributed by atoms with Crippen molar-refractivity contribution >= 4 is 5.82 Å². The smallest absolute Gasteiger partial charge is 0.133 e. The van der Waals surface area contributed by atoms with E-state index < -0.39 is 0 Å². The van der Waals surface area contributed by atoms with Crippen molar-refractivity contribution in [3.8, 4) is 0 Å². The molecule has 0 aromatic carbocycles. The maximum atomic E-state index is 5.79. The Labute approximate surface area is 110 Å². The van der Waals surface area contributed by atoms with Crippen LogP contribution in [0.5, 0.6) is 0 Å². The van der Waals surface area contributed by atoms with Crippen molar-refractivity contribution in [3.63, 3.8) is 0 Å². The van der Waals surface area contributed by atoms with Gasteiger partial charge in [-0.05, 0) is 25.6 Å². The van der Waals surface area contributed by atoms with Crippen molar-refractivity contribution in [1.29, 1.82) is 0 Å². The molecule has 0 bridgehead atoms. The Morgan fingerprint density at radius 3 is 2.89 bits per heavy atom. The van der Waals surface area contributed by atoms with Crippen LogP contribution in [0.4, 0.5) is 5.82 Å². The van der Waals surface area contributed by atoms with Gasteiger partial charge in [0, 0.05) is 37.4 Å². The van der Waals surface area contributed by atoms with E-state index >= 15 is 0 Å². The van der Waals surface area contributed by atoms with Gasteiger partial charge in [0.1, 0.15) is 5.82 Å². The highest BCUT2D eigenvalue weighted by Gasteiger charge is 2.27. The summed E-state index contributed by atoms with van der Waals surface area (Å²) in [6.45, 7) is 9.45. The molecular weight excluding hydrogens is 224 g/mol. The lowest BCUT2D eigenvalue weighted by atomic mass is 10.2. The lowest BCUT2D eigenvalue weighted by molar-refractivity contribution is 0.232. The van der Waals surface area contributed by atoms with Gasteiger partial charge in [0.05, 0.1) is 0 Å². The number of rotatable bonds is 5. The van der Waals surface area contributed by atoms with Crippen LogP contribution in [0.2, 0.25) is 0 Å². The number of aromatic nitrogens is 1. The Morgan fingerprint density at radius 1 is 1.44 bits per heavy atom. The number of hydrogen-bond donors (Lipinski definition) is 1. The summed E-state index contributed by atoms with van der Waals surface area (Å²) in [6, 6.07) is 4.70. The average molecular weight is 248 g/mol. The van der Waals surface area contributed by atoms with E-state index in [0.29, 0.717) is 12.6 Å². The number of nitrogens with two attached hydrogens (primary N) is 1. The van der Waals surface area contributed by atoms with Crippen molar-refractivity contribution < 1.29 is 0 Å². The first-order valence-electron chi connectivity index (χ1n) is 6.93. The van der Waals surface area contributed by atoms with E-state index in [9.17, 15) is 0 Å². The van der Waals surface area contributed by atoms with Crippen LogP contribution < -0.4 is 10.6 Å². The minimum absolute atomic E-state index is 0.565. The maximum Gasteiger partial charge on any atom is 0.133 e. The molecule has 1 aromatic heterocycles. The van der Waals surface area contributed by atoms with Gasteiger partial charge in [-0.3, -0.25) is 4.90 Å². The molecule has 0 saturated carbocycles. The van der Waals surface area contributed by atoms with Crippen LogP contribution in [0.15, 0.2) is 18.3 Å². The summed E-state index contributed by atoms with van der Waals surface area (Å²) in [5.41, 5.74) is 6.94. The minimum atomic E-state index is 0.565. The van der Waals surface area contributed by atoms with E-state index in [0.717, 1.165) is 37.6 Å².